The molecule has 104 valence electrons. The highest BCUT2D eigenvalue weighted by Gasteiger charge is 2.26. The SMILES string of the molecule is O=C(O)CSC1CCCCC1Sc1ccc(O)cc1. The van der Waals surface area contributed by atoms with Gasteiger partial charge in [-0.05, 0) is 37.1 Å². The minimum atomic E-state index is -0.732. The topological polar surface area (TPSA) is 57.5 Å². The van der Waals surface area contributed by atoms with Crippen molar-refractivity contribution in [2.24, 2.45) is 0 Å². The van der Waals surface area contributed by atoms with Crippen LogP contribution in [0.3, 0.4) is 0 Å². The fourth-order valence-electron chi connectivity index (χ4n) is 2.27. The van der Waals surface area contributed by atoms with Crippen LogP contribution in [0.4, 0.5) is 0 Å². The lowest BCUT2D eigenvalue weighted by Gasteiger charge is -2.30. The number of carboxylic acid groups (broad SMARTS) is 1. The largest absolute Gasteiger partial charge is 0.508 e. The molecule has 0 amide bonds. The average molecular weight is 298 g/mol. The van der Waals surface area contributed by atoms with Gasteiger partial charge < -0.3 is 10.2 Å². The zero-order valence-electron chi connectivity index (χ0n) is 10.6. The fraction of sp³-hybridized carbons (Fsp3) is 0.500. The number of hydrogen-bond acceptors (Lipinski definition) is 4. The lowest BCUT2D eigenvalue weighted by molar-refractivity contribution is -0.133. The van der Waals surface area contributed by atoms with Crippen molar-refractivity contribution >= 4 is 29.5 Å². The van der Waals surface area contributed by atoms with E-state index in [4.69, 9.17) is 5.11 Å². The van der Waals surface area contributed by atoms with Gasteiger partial charge in [-0.3, -0.25) is 4.79 Å². The van der Waals surface area contributed by atoms with Gasteiger partial charge in [-0.25, -0.2) is 0 Å². The molecule has 1 saturated carbocycles. The van der Waals surface area contributed by atoms with E-state index in [1.807, 2.05) is 23.9 Å². The first-order valence-corrected chi connectivity index (χ1v) is 8.37. The van der Waals surface area contributed by atoms with Crippen LogP contribution in [0.15, 0.2) is 29.2 Å². The van der Waals surface area contributed by atoms with Crippen molar-refractivity contribution in [3.8, 4) is 5.75 Å². The monoisotopic (exact) mass is 298 g/mol. The Balaban J connectivity index is 1.95. The van der Waals surface area contributed by atoms with E-state index in [-0.39, 0.29) is 11.5 Å². The Morgan fingerprint density at radius 2 is 1.79 bits per heavy atom. The molecule has 0 saturated heterocycles. The predicted molar refractivity (Wildman–Crippen MR) is 80.1 cm³/mol. The first kappa shape index (κ1) is 14.6. The van der Waals surface area contributed by atoms with Crippen LogP contribution in [0.2, 0.25) is 0 Å². The second-order valence-electron chi connectivity index (χ2n) is 4.68. The summed E-state index contributed by atoms with van der Waals surface area (Å²) in [4.78, 5) is 11.8. The molecule has 0 bridgehead atoms. The lowest BCUT2D eigenvalue weighted by atomic mass is 10.00. The third-order valence-electron chi connectivity index (χ3n) is 3.19. The Kier molecular flexibility index (Phi) is 5.45. The smallest absolute Gasteiger partial charge is 0.313 e. The summed E-state index contributed by atoms with van der Waals surface area (Å²) in [6, 6.07) is 7.25. The number of carbonyl (C=O) groups is 1. The molecule has 2 N–H and O–H groups in total. The van der Waals surface area contributed by atoms with Crippen LogP contribution in [0.25, 0.3) is 0 Å². The second kappa shape index (κ2) is 7.10. The standard InChI is InChI=1S/C14H18O3S2/c15-10-5-7-11(8-6-10)19-13-4-2-1-3-12(13)18-9-14(16)17/h5-8,12-13,15H,1-4,9H2,(H,16,17). The highest BCUT2D eigenvalue weighted by Crippen LogP contribution is 2.39. The van der Waals surface area contributed by atoms with E-state index in [1.54, 1.807) is 23.9 Å². The van der Waals surface area contributed by atoms with Gasteiger partial charge in [0.15, 0.2) is 0 Å². The van der Waals surface area contributed by atoms with Crippen molar-refractivity contribution < 1.29 is 15.0 Å². The van der Waals surface area contributed by atoms with Crippen LogP contribution in [-0.4, -0.2) is 32.4 Å². The number of phenolic OH excluding ortho intramolecular Hbond substituents is 1. The van der Waals surface area contributed by atoms with Crippen molar-refractivity contribution in [3.05, 3.63) is 24.3 Å². The maximum atomic E-state index is 10.7. The molecule has 19 heavy (non-hydrogen) atoms. The molecular weight excluding hydrogens is 280 g/mol. The van der Waals surface area contributed by atoms with Gasteiger partial charge in [-0.15, -0.1) is 23.5 Å². The maximum absolute atomic E-state index is 10.7. The quantitative estimate of drug-likeness (QED) is 0.869. The average Bonchev–Trinajstić information content (AvgIpc) is 2.40. The molecule has 3 nitrogen and oxygen atoms in total. The Labute approximate surface area is 121 Å². The Morgan fingerprint density at radius 3 is 2.42 bits per heavy atom. The predicted octanol–water partition coefficient (Wildman–Crippen LogP) is 3.61. The normalized spacial score (nSPS) is 23.2. The molecule has 2 rings (SSSR count). The summed E-state index contributed by atoms with van der Waals surface area (Å²) in [7, 11) is 0. The summed E-state index contributed by atoms with van der Waals surface area (Å²) >= 11 is 3.37. The van der Waals surface area contributed by atoms with E-state index in [0.29, 0.717) is 10.5 Å². The molecular formula is C14H18O3S2. The fourth-order valence-corrected chi connectivity index (χ4v) is 4.92. The molecule has 1 fully saturated rings. The molecule has 0 aromatic heterocycles. The molecule has 1 aliphatic carbocycles. The Morgan fingerprint density at radius 1 is 1.16 bits per heavy atom. The summed E-state index contributed by atoms with van der Waals surface area (Å²) in [6.45, 7) is 0. The maximum Gasteiger partial charge on any atom is 0.313 e. The summed E-state index contributed by atoms with van der Waals surface area (Å²) < 4.78 is 0. The number of phenols is 1. The van der Waals surface area contributed by atoms with Crippen LogP contribution < -0.4 is 0 Å². The van der Waals surface area contributed by atoms with E-state index in [1.165, 1.54) is 12.8 Å². The lowest BCUT2D eigenvalue weighted by Crippen LogP contribution is -2.25. The van der Waals surface area contributed by atoms with E-state index in [9.17, 15) is 9.90 Å². The van der Waals surface area contributed by atoms with Gasteiger partial charge in [0.25, 0.3) is 0 Å². The van der Waals surface area contributed by atoms with Crippen LogP contribution in [0.1, 0.15) is 25.7 Å². The highest BCUT2D eigenvalue weighted by atomic mass is 32.2. The molecule has 2 unspecified atom stereocenters. The Hall–Kier alpha value is -0.810. The number of thioether (sulfide) groups is 2. The number of hydrogen-bond donors (Lipinski definition) is 2. The van der Waals surface area contributed by atoms with E-state index in [0.717, 1.165) is 17.7 Å². The molecule has 0 aliphatic heterocycles. The Bertz CT molecular complexity index is 419. The van der Waals surface area contributed by atoms with Crippen LogP contribution in [0.5, 0.6) is 5.75 Å². The van der Waals surface area contributed by atoms with Gasteiger partial charge in [0, 0.05) is 15.4 Å². The summed E-state index contributed by atoms with van der Waals surface area (Å²) in [5.41, 5.74) is 0. The van der Waals surface area contributed by atoms with Gasteiger partial charge in [-0.2, -0.15) is 0 Å². The molecule has 1 aromatic carbocycles. The zero-order chi connectivity index (χ0) is 13.7. The van der Waals surface area contributed by atoms with Gasteiger partial charge >= 0.3 is 5.97 Å². The van der Waals surface area contributed by atoms with Crippen molar-refractivity contribution in [2.45, 2.75) is 41.1 Å². The second-order valence-corrected chi connectivity index (χ2v) is 7.22. The highest BCUT2D eigenvalue weighted by molar-refractivity contribution is 8.04. The minimum Gasteiger partial charge on any atom is -0.508 e. The molecule has 2 atom stereocenters. The number of aliphatic carboxylic acids is 1. The third-order valence-corrected chi connectivity index (χ3v) is 6.18. The van der Waals surface area contributed by atoms with Crippen LogP contribution in [-0.2, 0) is 4.79 Å². The third kappa shape index (κ3) is 4.66. The summed E-state index contributed by atoms with van der Waals surface area (Å²) in [6.07, 6.45) is 4.67. The number of benzene rings is 1. The minimum absolute atomic E-state index is 0.192. The van der Waals surface area contributed by atoms with Crippen LogP contribution in [0, 0.1) is 0 Å². The van der Waals surface area contributed by atoms with Gasteiger partial charge in [0.2, 0.25) is 0 Å². The summed E-state index contributed by atoms with van der Waals surface area (Å²) in [5.74, 6) is -0.258. The van der Waals surface area contributed by atoms with Crippen LogP contribution >= 0.6 is 23.5 Å². The summed E-state index contributed by atoms with van der Waals surface area (Å²) in [5, 5.41) is 19.0. The molecule has 0 radical (unpaired) electrons. The first-order chi connectivity index (χ1) is 9.15. The van der Waals surface area contributed by atoms with E-state index in [2.05, 4.69) is 0 Å². The van der Waals surface area contributed by atoms with E-state index < -0.39 is 5.97 Å². The molecule has 0 spiro atoms. The van der Waals surface area contributed by atoms with Crippen molar-refractivity contribution in [3.63, 3.8) is 0 Å². The molecule has 5 heteroatoms. The zero-order valence-corrected chi connectivity index (χ0v) is 12.3. The van der Waals surface area contributed by atoms with Gasteiger partial charge in [0.1, 0.15) is 5.75 Å². The first-order valence-electron chi connectivity index (χ1n) is 6.44. The number of aromatic hydroxyl groups is 1. The van der Waals surface area contributed by atoms with Crippen molar-refractivity contribution in [1.29, 1.82) is 0 Å². The van der Waals surface area contributed by atoms with Gasteiger partial charge in [-0.1, -0.05) is 12.8 Å². The van der Waals surface area contributed by atoms with Crippen molar-refractivity contribution in [1.82, 2.24) is 0 Å². The molecule has 1 aromatic rings. The van der Waals surface area contributed by atoms with E-state index >= 15 is 0 Å². The number of carboxylic acids is 1. The number of rotatable bonds is 5. The molecule has 1 aliphatic rings. The molecule has 0 heterocycles. The van der Waals surface area contributed by atoms with Gasteiger partial charge in [0.05, 0.1) is 5.75 Å². The van der Waals surface area contributed by atoms with Crippen molar-refractivity contribution in [2.75, 3.05) is 5.75 Å².